The summed E-state index contributed by atoms with van der Waals surface area (Å²) < 4.78 is 6.01. The minimum atomic E-state index is 0.769. The Labute approximate surface area is 130 Å². The van der Waals surface area contributed by atoms with Gasteiger partial charge in [-0.1, -0.05) is 39.0 Å². The number of nitrogens with one attached hydrogen (secondary N) is 1. The number of nitrogens with zero attached hydrogens (tertiary/aromatic N) is 1. The van der Waals surface area contributed by atoms with Crippen LogP contribution in [0.25, 0.3) is 0 Å². The molecule has 0 bridgehead atoms. The van der Waals surface area contributed by atoms with Crippen LogP contribution in [0, 0.1) is 0 Å². The average Bonchev–Trinajstić information content (AvgIpc) is 2.49. The molecule has 21 heavy (non-hydrogen) atoms. The third-order valence-electron chi connectivity index (χ3n) is 3.46. The SMILES string of the molecule is CCCNCc1ccccc1OCCN(CCC)CCC. The van der Waals surface area contributed by atoms with Crippen molar-refractivity contribution in [1.29, 1.82) is 0 Å². The summed E-state index contributed by atoms with van der Waals surface area (Å²) in [5.41, 5.74) is 1.25. The third-order valence-corrected chi connectivity index (χ3v) is 3.46. The molecule has 1 aromatic rings. The van der Waals surface area contributed by atoms with Crippen molar-refractivity contribution < 1.29 is 4.74 Å². The summed E-state index contributed by atoms with van der Waals surface area (Å²) in [6.07, 6.45) is 3.57. The second kappa shape index (κ2) is 11.6. The monoisotopic (exact) mass is 292 g/mol. The lowest BCUT2D eigenvalue weighted by atomic mass is 10.2. The fourth-order valence-corrected chi connectivity index (χ4v) is 2.44. The molecule has 0 saturated heterocycles. The van der Waals surface area contributed by atoms with Crippen LogP contribution in [0.4, 0.5) is 0 Å². The Morgan fingerprint density at radius 1 is 0.952 bits per heavy atom. The number of rotatable bonds is 12. The predicted molar refractivity (Wildman–Crippen MR) is 91.0 cm³/mol. The topological polar surface area (TPSA) is 24.5 Å². The van der Waals surface area contributed by atoms with Gasteiger partial charge in [0.25, 0.3) is 0 Å². The second-order valence-electron chi connectivity index (χ2n) is 5.47. The maximum atomic E-state index is 6.01. The molecule has 0 atom stereocenters. The lowest BCUT2D eigenvalue weighted by molar-refractivity contribution is 0.208. The van der Waals surface area contributed by atoms with Crippen molar-refractivity contribution in [2.75, 3.05) is 32.8 Å². The summed E-state index contributed by atoms with van der Waals surface area (Å²) in [4.78, 5) is 2.48. The molecular formula is C18H32N2O. The molecule has 1 aromatic carbocycles. The Hall–Kier alpha value is -1.06. The van der Waals surface area contributed by atoms with E-state index < -0.39 is 0 Å². The van der Waals surface area contributed by atoms with Crippen LogP contribution in [0.15, 0.2) is 24.3 Å². The zero-order valence-electron chi connectivity index (χ0n) is 14.0. The predicted octanol–water partition coefficient (Wildman–Crippen LogP) is 3.69. The van der Waals surface area contributed by atoms with Crippen LogP contribution < -0.4 is 10.1 Å². The largest absolute Gasteiger partial charge is 0.492 e. The normalized spacial score (nSPS) is 11.0. The molecule has 0 aromatic heterocycles. The van der Waals surface area contributed by atoms with Crippen LogP contribution in [0.1, 0.15) is 45.6 Å². The van der Waals surface area contributed by atoms with Crippen LogP contribution in [0.5, 0.6) is 5.75 Å². The standard InChI is InChI=1S/C18H32N2O/c1-4-11-19-16-17-9-7-8-10-18(17)21-15-14-20(12-5-2)13-6-3/h7-10,19H,4-6,11-16H2,1-3H3. The first kappa shape index (κ1) is 18.0. The highest BCUT2D eigenvalue weighted by atomic mass is 16.5. The van der Waals surface area contributed by atoms with Crippen molar-refractivity contribution in [3.8, 4) is 5.75 Å². The fraction of sp³-hybridized carbons (Fsp3) is 0.667. The van der Waals surface area contributed by atoms with Crippen molar-refractivity contribution >= 4 is 0 Å². The highest BCUT2D eigenvalue weighted by molar-refractivity contribution is 5.33. The smallest absolute Gasteiger partial charge is 0.123 e. The molecule has 0 saturated carbocycles. The second-order valence-corrected chi connectivity index (χ2v) is 5.47. The summed E-state index contributed by atoms with van der Waals surface area (Å²) in [7, 11) is 0. The molecule has 3 heteroatoms. The van der Waals surface area contributed by atoms with E-state index in [1.807, 2.05) is 0 Å². The minimum Gasteiger partial charge on any atom is -0.492 e. The molecule has 0 unspecified atom stereocenters. The van der Waals surface area contributed by atoms with Gasteiger partial charge in [0, 0.05) is 18.7 Å². The molecule has 1 N–H and O–H groups in total. The summed E-state index contributed by atoms with van der Waals surface area (Å²) in [5, 5.41) is 3.44. The zero-order valence-corrected chi connectivity index (χ0v) is 14.0. The van der Waals surface area contributed by atoms with E-state index in [0.717, 1.165) is 51.5 Å². The van der Waals surface area contributed by atoms with Crippen molar-refractivity contribution in [3.63, 3.8) is 0 Å². The van der Waals surface area contributed by atoms with Gasteiger partial charge in [-0.2, -0.15) is 0 Å². The Morgan fingerprint density at radius 3 is 2.33 bits per heavy atom. The van der Waals surface area contributed by atoms with E-state index in [1.165, 1.54) is 18.4 Å². The van der Waals surface area contributed by atoms with Gasteiger partial charge in [0.2, 0.25) is 0 Å². The Kier molecular flexibility index (Phi) is 9.92. The lowest BCUT2D eigenvalue weighted by Gasteiger charge is -2.21. The molecule has 0 radical (unpaired) electrons. The summed E-state index contributed by atoms with van der Waals surface area (Å²) >= 11 is 0. The van der Waals surface area contributed by atoms with Crippen LogP contribution in [0.3, 0.4) is 0 Å². The highest BCUT2D eigenvalue weighted by Crippen LogP contribution is 2.17. The number of benzene rings is 1. The number of hydrogen-bond acceptors (Lipinski definition) is 3. The quantitative estimate of drug-likeness (QED) is 0.595. The van der Waals surface area contributed by atoms with E-state index in [4.69, 9.17) is 4.74 Å². The van der Waals surface area contributed by atoms with Gasteiger partial charge < -0.3 is 10.1 Å². The third kappa shape index (κ3) is 7.49. The number of ether oxygens (including phenoxy) is 1. The molecule has 0 spiro atoms. The summed E-state index contributed by atoms with van der Waals surface area (Å²) in [6.45, 7) is 12.7. The van der Waals surface area contributed by atoms with Gasteiger partial charge in [-0.3, -0.25) is 4.90 Å². The van der Waals surface area contributed by atoms with Crippen LogP contribution in [0.2, 0.25) is 0 Å². The van der Waals surface area contributed by atoms with Crippen LogP contribution in [-0.4, -0.2) is 37.7 Å². The highest BCUT2D eigenvalue weighted by Gasteiger charge is 2.05. The van der Waals surface area contributed by atoms with E-state index in [1.54, 1.807) is 0 Å². The van der Waals surface area contributed by atoms with Gasteiger partial charge in [-0.25, -0.2) is 0 Å². The number of para-hydroxylation sites is 1. The molecular weight excluding hydrogens is 260 g/mol. The Balaban J connectivity index is 2.42. The van der Waals surface area contributed by atoms with Gasteiger partial charge in [-0.15, -0.1) is 0 Å². The first-order valence-corrected chi connectivity index (χ1v) is 8.45. The van der Waals surface area contributed by atoms with Crippen molar-refractivity contribution in [2.24, 2.45) is 0 Å². The molecule has 0 amide bonds. The van der Waals surface area contributed by atoms with E-state index in [-0.39, 0.29) is 0 Å². The van der Waals surface area contributed by atoms with Gasteiger partial charge in [0.05, 0.1) is 0 Å². The molecule has 0 aliphatic rings. The van der Waals surface area contributed by atoms with Gasteiger partial charge in [-0.05, 0) is 45.0 Å². The molecule has 1 rings (SSSR count). The maximum absolute atomic E-state index is 6.01. The van der Waals surface area contributed by atoms with Gasteiger partial charge in [0.1, 0.15) is 12.4 Å². The molecule has 120 valence electrons. The molecule has 3 nitrogen and oxygen atoms in total. The zero-order chi connectivity index (χ0) is 15.3. The Bertz CT molecular complexity index is 362. The molecule has 0 aliphatic carbocycles. The van der Waals surface area contributed by atoms with Crippen molar-refractivity contribution in [1.82, 2.24) is 10.2 Å². The fourth-order valence-electron chi connectivity index (χ4n) is 2.44. The summed E-state index contributed by atoms with van der Waals surface area (Å²) in [6, 6.07) is 8.35. The van der Waals surface area contributed by atoms with Crippen LogP contribution in [-0.2, 0) is 6.54 Å². The molecule has 0 heterocycles. The molecule has 0 aliphatic heterocycles. The van der Waals surface area contributed by atoms with E-state index in [2.05, 4.69) is 55.3 Å². The van der Waals surface area contributed by atoms with Gasteiger partial charge >= 0.3 is 0 Å². The van der Waals surface area contributed by atoms with E-state index >= 15 is 0 Å². The number of hydrogen-bond donors (Lipinski definition) is 1. The minimum absolute atomic E-state index is 0.769. The van der Waals surface area contributed by atoms with Crippen molar-refractivity contribution in [3.05, 3.63) is 29.8 Å². The first-order valence-electron chi connectivity index (χ1n) is 8.45. The van der Waals surface area contributed by atoms with E-state index in [9.17, 15) is 0 Å². The maximum Gasteiger partial charge on any atom is 0.123 e. The summed E-state index contributed by atoms with van der Waals surface area (Å²) in [5.74, 6) is 1.02. The van der Waals surface area contributed by atoms with E-state index in [0.29, 0.717) is 0 Å². The lowest BCUT2D eigenvalue weighted by Crippen LogP contribution is -2.30. The Morgan fingerprint density at radius 2 is 1.67 bits per heavy atom. The average molecular weight is 292 g/mol. The first-order chi connectivity index (χ1) is 10.3. The molecule has 0 fully saturated rings. The van der Waals surface area contributed by atoms with Crippen LogP contribution >= 0.6 is 0 Å². The van der Waals surface area contributed by atoms with Crippen molar-refractivity contribution in [2.45, 2.75) is 46.6 Å². The van der Waals surface area contributed by atoms with Gasteiger partial charge in [0.15, 0.2) is 0 Å².